The molecule has 1 fully saturated rings. The van der Waals surface area contributed by atoms with E-state index in [-0.39, 0.29) is 30.3 Å². The molecular weight excluding hydrogens is 261 g/mol. The van der Waals surface area contributed by atoms with Crippen LogP contribution in [0.25, 0.3) is 0 Å². The van der Waals surface area contributed by atoms with Gasteiger partial charge in [0.1, 0.15) is 10.7 Å². The van der Waals surface area contributed by atoms with Crippen LogP contribution < -0.4 is 0 Å². The van der Waals surface area contributed by atoms with Gasteiger partial charge < -0.3 is 5.11 Å². The smallest absolute Gasteiger partial charge is 0.303 e. The van der Waals surface area contributed by atoms with Crippen LogP contribution >= 0.6 is 0 Å². The van der Waals surface area contributed by atoms with Gasteiger partial charge in [0.2, 0.25) is 10.0 Å². The number of aliphatic carboxylic acids is 1. The molecule has 1 N–H and O–H groups in total. The number of benzene rings is 1. The molecule has 1 aromatic rings. The van der Waals surface area contributed by atoms with Crippen molar-refractivity contribution in [2.45, 2.75) is 11.3 Å². The zero-order valence-electron chi connectivity index (χ0n) is 9.41. The number of carboxylic acids is 1. The molecule has 0 unspecified atom stereocenters. The lowest BCUT2D eigenvalue weighted by atomic mass is 10.00. The van der Waals surface area contributed by atoms with Gasteiger partial charge in [0.15, 0.2) is 0 Å². The van der Waals surface area contributed by atoms with Gasteiger partial charge in [0, 0.05) is 13.1 Å². The average Bonchev–Trinajstić information content (AvgIpc) is 2.22. The summed E-state index contributed by atoms with van der Waals surface area (Å²) in [6.45, 7) is 0.256. The fourth-order valence-corrected chi connectivity index (χ4v) is 3.55. The summed E-state index contributed by atoms with van der Waals surface area (Å²) in [5.74, 6) is -1.94. The maximum absolute atomic E-state index is 13.4. The van der Waals surface area contributed by atoms with Crippen LogP contribution in [-0.4, -0.2) is 36.9 Å². The van der Waals surface area contributed by atoms with E-state index in [4.69, 9.17) is 5.11 Å². The lowest BCUT2D eigenvalue weighted by Gasteiger charge is -2.37. The summed E-state index contributed by atoms with van der Waals surface area (Å²) in [5, 5.41) is 8.57. The number of nitrogens with zero attached hydrogens (tertiary/aromatic N) is 1. The minimum Gasteiger partial charge on any atom is -0.481 e. The molecule has 2 rings (SSSR count). The summed E-state index contributed by atoms with van der Waals surface area (Å²) in [4.78, 5) is 10.1. The molecule has 1 aliphatic heterocycles. The molecule has 0 aromatic heterocycles. The Balaban J connectivity index is 2.11. The zero-order chi connectivity index (χ0) is 13.3. The van der Waals surface area contributed by atoms with Crippen molar-refractivity contribution in [1.82, 2.24) is 4.31 Å². The highest BCUT2D eigenvalue weighted by Gasteiger charge is 2.38. The first-order valence-corrected chi connectivity index (χ1v) is 6.81. The summed E-state index contributed by atoms with van der Waals surface area (Å²) < 4.78 is 38.5. The lowest BCUT2D eigenvalue weighted by molar-refractivity contribution is -0.139. The first kappa shape index (κ1) is 13.0. The van der Waals surface area contributed by atoms with Crippen molar-refractivity contribution in [3.8, 4) is 0 Å². The van der Waals surface area contributed by atoms with Gasteiger partial charge in [-0.15, -0.1) is 0 Å². The van der Waals surface area contributed by atoms with Gasteiger partial charge >= 0.3 is 5.97 Å². The molecule has 1 aromatic carbocycles. The molecule has 98 valence electrons. The second-order valence-electron chi connectivity index (χ2n) is 4.22. The largest absolute Gasteiger partial charge is 0.481 e. The third-order valence-corrected chi connectivity index (χ3v) is 4.71. The molecule has 1 aliphatic rings. The van der Waals surface area contributed by atoms with Crippen molar-refractivity contribution in [3.05, 3.63) is 30.1 Å². The van der Waals surface area contributed by atoms with Crippen LogP contribution in [0.5, 0.6) is 0 Å². The Hall–Kier alpha value is -1.47. The molecule has 0 saturated carbocycles. The Labute approximate surface area is 104 Å². The third-order valence-electron chi connectivity index (χ3n) is 2.84. The minimum absolute atomic E-state index is 0.0662. The fourth-order valence-electron chi connectivity index (χ4n) is 1.89. The summed E-state index contributed by atoms with van der Waals surface area (Å²) in [6.07, 6.45) is -0.0662. The summed E-state index contributed by atoms with van der Waals surface area (Å²) in [7, 11) is -3.84. The van der Waals surface area contributed by atoms with Crippen molar-refractivity contribution >= 4 is 16.0 Å². The Morgan fingerprint density at radius 3 is 2.56 bits per heavy atom. The van der Waals surface area contributed by atoms with E-state index in [1.807, 2.05) is 0 Å². The Morgan fingerprint density at radius 2 is 2.00 bits per heavy atom. The zero-order valence-corrected chi connectivity index (χ0v) is 10.2. The minimum atomic E-state index is -3.84. The maximum atomic E-state index is 13.4. The van der Waals surface area contributed by atoms with E-state index in [0.717, 1.165) is 10.4 Å². The average molecular weight is 273 g/mol. The van der Waals surface area contributed by atoms with Crippen LogP contribution in [-0.2, 0) is 14.8 Å². The molecule has 0 radical (unpaired) electrons. The Morgan fingerprint density at radius 1 is 1.39 bits per heavy atom. The molecule has 0 bridgehead atoms. The number of hydrogen-bond acceptors (Lipinski definition) is 3. The van der Waals surface area contributed by atoms with E-state index in [9.17, 15) is 17.6 Å². The predicted molar refractivity (Wildman–Crippen MR) is 60.9 cm³/mol. The quantitative estimate of drug-likeness (QED) is 0.885. The van der Waals surface area contributed by atoms with Crippen LogP contribution in [0.15, 0.2) is 29.2 Å². The van der Waals surface area contributed by atoms with Gasteiger partial charge in [-0.3, -0.25) is 4.79 Å². The number of halogens is 1. The Kier molecular flexibility index (Phi) is 3.36. The van der Waals surface area contributed by atoms with Crippen molar-refractivity contribution in [2.75, 3.05) is 13.1 Å². The SMILES string of the molecule is O=C(O)CC1CN(S(=O)(=O)c2ccccc2F)C1. The van der Waals surface area contributed by atoms with Crippen molar-refractivity contribution in [1.29, 1.82) is 0 Å². The van der Waals surface area contributed by atoms with E-state index in [0.29, 0.717) is 0 Å². The van der Waals surface area contributed by atoms with Crippen LogP contribution in [0.2, 0.25) is 0 Å². The normalized spacial score (nSPS) is 17.4. The molecule has 0 atom stereocenters. The summed E-state index contributed by atoms with van der Waals surface area (Å²) >= 11 is 0. The van der Waals surface area contributed by atoms with Crippen molar-refractivity contribution in [2.24, 2.45) is 5.92 Å². The van der Waals surface area contributed by atoms with Crippen LogP contribution in [0, 0.1) is 11.7 Å². The van der Waals surface area contributed by atoms with Gasteiger partial charge in [-0.05, 0) is 18.1 Å². The second-order valence-corrected chi connectivity index (χ2v) is 6.12. The maximum Gasteiger partial charge on any atom is 0.303 e. The van der Waals surface area contributed by atoms with Gasteiger partial charge in [-0.2, -0.15) is 4.31 Å². The van der Waals surface area contributed by atoms with Crippen LogP contribution in [0.3, 0.4) is 0 Å². The first-order chi connectivity index (χ1) is 8.41. The molecule has 0 spiro atoms. The fraction of sp³-hybridized carbons (Fsp3) is 0.364. The number of sulfonamides is 1. The highest BCUT2D eigenvalue weighted by Crippen LogP contribution is 2.28. The van der Waals surface area contributed by atoms with E-state index in [1.165, 1.54) is 18.2 Å². The first-order valence-electron chi connectivity index (χ1n) is 5.37. The van der Waals surface area contributed by atoms with Crippen molar-refractivity contribution < 1.29 is 22.7 Å². The van der Waals surface area contributed by atoms with E-state index in [2.05, 4.69) is 0 Å². The molecule has 0 aliphatic carbocycles. The predicted octanol–water partition coefficient (Wildman–Crippen LogP) is 0.921. The summed E-state index contributed by atoms with van der Waals surface area (Å²) in [5.41, 5.74) is 0. The van der Waals surface area contributed by atoms with E-state index in [1.54, 1.807) is 0 Å². The van der Waals surface area contributed by atoms with E-state index < -0.39 is 21.8 Å². The molecule has 18 heavy (non-hydrogen) atoms. The molecule has 5 nitrogen and oxygen atoms in total. The van der Waals surface area contributed by atoms with Crippen molar-refractivity contribution in [3.63, 3.8) is 0 Å². The number of carboxylic acid groups (broad SMARTS) is 1. The number of hydrogen-bond donors (Lipinski definition) is 1. The monoisotopic (exact) mass is 273 g/mol. The van der Waals surface area contributed by atoms with Gasteiger partial charge in [-0.25, -0.2) is 12.8 Å². The highest BCUT2D eigenvalue weighted by atomic mass is 32.2. The standard InChI is InChI=1S/C11H12FNO4S/c12-9-3-1-2-4-10(9)18(16,17)13-6-8(7-13)5-11(14)15/h1-4,8H,5-7H2,(H,14,15). The second kappa shape index (κ2) is 4.66. The topological polar surface area (TPSA) is 74.7 Å². The highest BCUT2D eigenvalue weighted by molar-refractivity contribution is 7.89. The number of rotatable bonds is 4. The molecule has 0 amide bonds. The van der Waals surface area contributed by atoms with Gasteiger partial charge in [-0.1, -0.05) is 12.1 Å². The number of carbonyl (C=O) groups is 1. The molecule has 1 saturated heterocycles. The van der Waals surface area contributed by atoms with Gasteiger partial charge in [0.25, 0.3) is 0 Å². The Bertz CT molecular complexity index is 566. The molecule has 7 heteroatoms. The van der Waals surface area contributed by atoms with Crippen LogP contribution in [0.1, 0.15) is 6.42 Å². The van der Waals surface area contributed by atoms with Gasteiger partial charge in [0.05, 0.1) is 6.42 Å². The molecular formula is C11H12FNO4S. The third kappa shape index (κ3) is 2.37. The lowest BCUT2D eigenvalue weighted by Crippen LogP contribution is -2.50. The van der Waals surface area contributed by atoms with E-state index >= 15 is 0 Å². The molecule has 1 heterocycles. The van der Waals surface area contributed by atoms with Crippen LogP contribution in [0.4, 0.5) is 4.39 Å². The summed E-state index contributed by atoms with van der Waals surface area (Å²) in [6, 6.07) is 5.15.